The van der Waals surface area contributed by atoms with Crippen molar-refractivity contribution in [3.8, 4) is 0 Å². The van der Waals surface area contributed by atoms with Crippen molar-refractivity contribution in [1.82, 2.24) is 5.43 Å². The molecule has 0 aromatic heterocycles. The molecule has 2 aromatic rings. The number of rotatable bonds is 8. The van der Waals surface area contributed by atoms with E-state index in [1.54, 1.807) is 6.21 Å². The molecule has 0 saturated heterocycles. The summed E-state index contributed by atoms with van der Waals surface area (Å²) in [7, 11) is 0. The summed E-state index contributed by atoms with van der Waals surface area (Å²) in [6, 6.07) is 19.7. The van der Waals surface area contributed by atoms with Crippen molar-refractivity contribution in [2.75, 3.05) is 0 Å². The summed E-state index contributed by atoms with van der Waals surface area (Å²) in [6.45, 7) is 9.62. The van der Waals surface area contributed by atoms with Crippen LogP contribution in [0.15, 0.2) is 89.1 Å². The molecule has 1 aliphatic carbocycles. The Labute approximate surface area is 192 Å². The second-order valence-electron chi connectivity index (χ2n) is 9.41. The second-order valence-corrected chi connectivity index (χ2v) is 9.41. The molecule has 2 atom stereocenters. The van der Waals surface area contributed by atoms with E-state index >= 15 is 0 Å². The number of amides is 1. The van der Waals surface area contributed by atoms with Crippen LogP contribution < -0.4 is 10.7 Å². The van der Waals surface area contributed by atoms with Crippen molar-refractivity contribution >= 4 is 12.1 Å². The summed E-state index contributed by atoms with van der Waals surface area (Å²) in [5.74, 6) is 0.278. The minimum absolute atomic E-state index is 0.120. The third-order valence-electron chi connectivity index (χ3n) is 6.33. The predicted octanol–water partition coefficient (Wildman–Crippen LogP) is 4.92. The molecule has 3 rings (SSSR count). The van der Waals surface area contributed by atoms with Gasteiger partial charge < -0.3 is 5.32 Å². The zero-order valence-corrected chi connectivity index (χ0v) is 19.7. The SMILES string of the molecule is CC1=CCCC(C)(C)[C@H]1/C=C(C)/C=N\NC(=O)[C@@H]([NH2+]Cc1ccccc1)c1ccccc1. The lowest BCUT2D eigenvalue weighted by atomic mass is 9.68. The monoisotopic (exact) mass is 430 g/mol. The molecule has 4 nitrogen and oxygen atoms in total. The quantitative estimate of drug-likeness (QED) is 0.348. The largest absolute Gasteiger partial charge is 0.328 e. The van der Waals surface area contributed by atoms with Crippen LogP contribution >= 0.6 is 0 Å². The van der Waals surface area contributed by atoms with E-state index in [0.29, 0.717) is 5.92 Å². The van der Waals surface area contributed by atoms with Crippen LogP contribution in [0.4, 0.5) is 0 Å². The Hall–Kier alpha value is -2.98. The smallest absolute Gasteiger partial charge is 0.303 e. The predicted molar refractivity (Wildman–Crippen MR) is 132 cm³/mol. The van der Waals surface area contributed by atoms with E-state index in [1.165, 1.54) is 17.6 Å². The van der Waals surface area contributed by atoms with Gasteiger partial charge in [-0.3, -0.25) is 4.79 Å². The number of allylic oxidation sites excluding steroid dienone is 4. The van der Waals surface area contributed by atoms with E-state index in [1.807, 2.05) is 55.5 Å². The maximum absolute atomic E-state index is 13.0. The second kappa shape index (κ2) is 11.1. The van der Waals surface area contributed by atoms with Gasteiger partial charge in [-0.05, 0) is 37.7 Å². The van der Waals surface area contributed by atoms with Gasteiger partial charge in [-0.2, -0.15) is 5.10 Å². The average molecular weight is 431 g/mol. The van der Waals surface area contributed by atoms with E-state index < -0.39 is 0 Å². The number of nitrogens with one attached hydrogen (secondary N) is 1. The first kappa shape index (κ1) is 23.7. The minimum Gasteiger partial charge on any atom is -0.328 e. The number of hydrogen-bond donors (Lipinski definition) is 2. The van der Waals surface area contributed by atoms with E-state index in [4.69, 9.17) is 0 Å². The first-order chi connectivity index (χ1) is 15.4. The average Bonchev–Trinajstić information content (AvgIpc) is 2.78. The fourth-order valence-electron chi connectivity index (χ4n) is 4.42. The molecule has 32 heavy (non-hydrogen) atoms. The number of hydrazone groups is 1. The normalized spacial score (nSPS) is 19.4. The summed E-state index contributed by atoms with van der Waals surface area (Å²) >= 11 is 0. The molecule has 0 saturated carbocycles. The first-order valence-corrected chi connectivity index (χ1v) is 11.5. The summed E-state index contributed by atoms with van der Waals surface area (Å²) in [5, 5.41) is 6.33. The fourth-order valence-corrected chi connectivity index (χ4v) is 4.42. The van der Waals surface area contributed by atoms with Gasteiger partial charge in [0.25, 0.3) is 0 Å². The van der Waals surface area contributed by atoms with E-state index in [-0.39, 0.29) is 17.4 Å². The highest BCUT2D eigenvalue weighted by molar-refractivity contribution is 5.84. The topological polar surface area (TPSA) is 58.1 Å². The molecular weight excluding hydrogens is 394 g/mol. The van der Waals surface area contributed by atoms with Gasteiger partial charge in [0, 0.05) is 23.3 Å². The summed E-state index contributed by atoms with van der Waals surface area (Å²) in [4.78, 5) is 13.0. The molecule has 0 heterocycles. The lowest BCUT2D eigenvalue weighted by Gasteiger charge is -2.37. The van der Waals surface area contributed by atoms with Crippen LogP contribution in [0.5, 0.6) is 0 Å². The molecule has 0 radical (unpaired) electrons. The molecule has 0 spiro atoms. The van der Waals surface area contributed by atoms with Crippen molar-refractivity contribution in [2.45, 2.75) is 53.1 Å². The Balaban J connectivity index is 1.67. The molecule has 0 bridgehead atoms. The van der Waals surface area contributed by atoms with Crippen molar-refractivity contribution in [1.29, 1.82) is 0 Å². The van der Waals surface area contributed by atoms with Gasteiger partial charge in [-0.15, -0.1) is 0 Å². The Morgan fingerprint density at radius 2 is 1.81 bits per heavy atom. The van der Waals surface area contributed by atoms with Gasteiger partial charge in [0.1, 0.15) is 6.54 Å². The molecule has 0 aliphatic heterocycles. The minimum atomic E-state index is -0.361. The molecule has 168 valence electrons. The molecular formula is C28H36N3O+. The summed E-state index contributed by atoms with van der Waals surface area (Å²) < 4.78 is 0. The Morgan fingerprint density at radius 3 is 2.47 bits per heavy atom. The number of carbonyl (C=O) groups excluding carboxylic acids is 1. The van der Waals surface area contributed by atoms with Gasteiger partial charge in [-0.1, -0.05) is 92.2 Å². The Bertz CT molecular complexity index is 974. The van der Waals surface area contributed by atoms with Crippen LogP contribution in [0.25, 0.3) is 0 Å². The zero-order valence-electron chi connectivity index (χ0n) is 19.7. The molecule has 3 N–H and O–H groups in total. The molecule has 0 fully saturated rings. The molecule has 0 unspecified atom stereocenters. The molecule has 4 heteroatoms. The number of carbonyl (C=O) groups is 1. The van der Waals surface area contributed by atoms with Crippen molar-refractivity contribution in [3.63, 3.8) is 0 Å². The third-order valence-corrected chi connectivity index (χ3v) is 6.33. The van der Waals surface area contributed by atoms with E-state index in [2.05, 4.69) is 60.9 Å². The highest BCUT2D eigenvalue weighted by Crippen LogP contribution is 2.41. The lowest BCUT2D eigenvalue weighted by Crippen LogP contribution is -2.86. The van der Waals surface area contributed by atoms with Gasteiger partial charge in [0.2, 0.25) is 0 Å². The number of benzene rings is 2. The third kappa shape index (κ3) is 6.51. The number of nitrogens with zero attached hydrogens (tertiary/aromatic N) is 1. The fraction of sp³-hybridized carbons (Fsp3) is 0.357. The van der Waals surface area contributed by atoms with Crippen LogP contribution in [0.1, 0.15) is 57.7 Å². The maximum atomic E-state index is 13.0. The van der Waals surface area contributed by atoms with Crippen LogP contribution in [-0.4, -0.2) is 12.1 Å². The van der Waals surface area contributed by atoms with Gasteiger partial charge in [-0.25, -0.2) is 5.43 Å². The van der Waals surface area contributed by atoms with E-state index in [0.717, 1.165) is 24.1 Å². The van der Waals surface area contributed by atoms with Crippen LogP contribution in [0.3, 0.4) is 0 Å². The number of quaternary nitrogens is 1. The van der Waals surface area contributed by atoms with Crippen LogP contribution in [-0.2, 0) is 11.3 Å². The number of hydrogen-bond acceptors (Lipinski definition) is 2. The van der Waals surface area contributed by atoms with Crippen molar-refractivity contribution < 1.29 is 10.1 Å². The summed E-state index contributed by atoms with van der Waals surface area (Å²) in [6.07, 6.45) is 8.70. The van der Waals surface area contributed by atoms with Crippen LogP contribution in [0.2, 0.25) is 0 Å². The van der Waals surface area contributed by atoms with Crippen LogP contribution in [0, 0.1) is 11.3 Å². The summed E-state index contributed by atoms with van der Waals surface area (Å²) in [5.41, 5.74) is 7.62. The van der Waals surface area contributed by atoms with Gasteiger partial charge in [0.05, 0.1) is 0 Å². The highest BCUT2D eigenvalue weighted by atomic mass is 16.2. The molecule has 1 aliphatic rings. The first-order valence-electron chi connectivity index (χ1n) is 11.5. The van der Waals surface area contributed by atoms with Gasteiger partial charge in [0.15, 0.2) is 6.04 Å². The number of nitrogens with two attached hydrogens (primary N) is 1. The molecule has 1 amide bonds. The van der Waals surface area contributed by atoms with E-state index in [9.17, 15) is 4.79 Å². The maximum Gasteiger partial charge on any atom is 0.303 e. The Morgan fingerprint density at radius 1 is 1.16 bits per heavy atom. The zero-order chi connectivity index (χ0) is 23.0. The van der Waals surface area contributed by atoms with Crippen molar-refractivity contribution in [2.24, 2.45) is 16.4 Å². The highest BCUT2D eigenvalue weighted by Gasteiger charge is 2.31. The Kier molecular flexibility index (Phi) is 8.18. The standard InChI is InChI=1S/C28H35N3O/c1-21(18-25-22(2)12-11-17-28(25,3)4)19-30-31-27(32)26(24-15-9-6-10-16-24)29-20-23-13-7-5-8-14-23/h5-10,12-16,18-19,25-26,29H,11,17,20H2,1-4H3,(H,31,32)/p+1/b21-18+,30-19-/t25-,26-/m0/s1. The lowest BCUT2D eigenvalue weighted by molar-refractivity contribution is -0.698. The van der Waals surface area contributed by atoms with Crippen molar-refractivity contribution in [3.05, 3.63) is 95.1 Å². The molecule has 2 aromatic carbocycles. The van der Waals surface area contributed by atoms with Gasteiger partial charge >= 0.3 is 5.91 Å².